The van der Waals surface area contributed by atoms with Crippen LogP contribution in [-0.2, 0) is 6.42 Å². The molecular formula is C25H34IN5O. The SMILES string of the molecule is CN=C(NCCc1cccc(C(=O)NC)c1)N1CCN(C/C=C/c2ccccc2)CC1.I. The van der Waals surface area contributed by atoms with Gasteiger partial charge in [0.2, 0.25) is 0 Å². The van der Waals surface area contributed by atoms with Crippen LogP contribution in [0.2, 0.25) is 0 Å². The number of guanidine groups is 1. The first-order chi connectivity index (χ1) is 15.2. The van der Waals surface area contributed by atoms with E-state index >= 15 is 0 Å². The Labute approximate surface area is 208 Å². The van der Waals surface area contributed by atoms with Crippen LogP contribution in [0.4, 0.5) is 0 Å². The molecule has 6 nitrogen and oxygen atoms in total. The maximum Gasteiger partial charge on any atom is 0.251 e. The van der Waals surface area contributed by atoms with Crippen molar-refractivity contribution < 1.29 is 4.79 Å². The normalized spacial score (nSPS) is 14.8. The van der Waals surface area contributed by atoms with E-state index in [0.29, 0.717) is 5.56 Å². The summed E-state index contributed by atoms with van der Waals surface area (Å²) in [5, 5.41) is 6.14. The zero-order valence-electron chi connectivity index (χ0n) is 19.0. The van der Waals surface area contributed by atoms with Crippen molar-refractivity contribution in [3.63, 3.8) is 0 Å². The maximum absolute atomic E-state index is 11.8. The lowest BCUT2D eigenvalue weighted by Crippen LogP contribution is -2.52. The molecule has 1 heterocycles. The van der Waals surface area contributed by atoms with Crippen molar-refractivity contribution in [1.29, 1.82) is 0 Å². The number of nitrogens with one attached hydrogen (secondary N) is 2. The summed E-state index contributed by atoms with van der Waals surface area (Å²) in [5.41, 5.74) is 3.08. The lowest BCUT2D eigenvalue weighted by Gasteiger charge is -2.36. The number of hydrogen-bond acceptors (Lipinski definition) is 3. The summed E-state index contributed by atoms with van der Waals surface area (Å²) >= 11 is 0. The van der Waals surface area contributed by atoms with Crippen LogP contribution in [0.1, 0.15) is 21.5 Å². The minimum Gasteiger partial charge on any atom is -0.356 e. The van der Waals surface area contributed by atoms with Gasteiger partial charge in [0.1, 0.15) is 0 Å². The van der Waals surface area contributed by atoms with Gasteiger partial charge in [-0.05, 0) is 29.7 Å². The highest BCUT2D eigenvalue weighted by Crippen LogP contribution is 2.07. The smallest absolute Gasteiger partial charge is 0.251 e. The van der Waals surface area contributed by atoms with E-state index in [9.17, 15) is 4.79 Å². The van der Waals surface area contributed by atoms with Gasteiger partial charge in [-0.25, -0.2) is 0 Å². The van der Waals surface area contributed by atoms with Gasteiger partial charge in [0.15, 0.2) is 5.96 Å². The molecule has 0 aliphatic carbocycles. The molecule has 0 aromatic heterocycles. The fourth-order valence-electron chi connectivity index (χ4n) is 3.71. The molecule has 0 unspecified atom stereocenters. The third kappa shape index (κ3) is 7.94. The van der Waals surface area contributed by atoms with Crippen molar-refractivity contribution in [3.05, 3.63) is 77.4 Å². The summed E-state index contributed by atoms with van der Waals surface area (Å²) in [7, 11) is 3.49. The van der Waals surface area contributed by atoms with Gasteiger partial charge < -0.3 is 15.5 Å². The van der Waals surface area contributed by atoms with Gasteiger partial charge in [-0.2, -0.15) is 0 Å². The molecule has 3 rings (SSSR count). The van der Waals surface area contributed by atoms with Gasteiger partial charge in [-0.3, -0.25) is 14.7 Å². The second-order valence-electron chi connectivity index (χ2n) is 7.60. The third-order valence-corrected chi connectivity index (χ3v) is 5.47. The molecule has 7 heteroatoms. The Morgan fingerprint density at radius 1 is 1.06 bits per heavy atom. The van der Waals surface area contributed by atoms with E-state index in [1.165, 1.54) is 5.56 Å². The molecule has 172 valence electrons. The number of rotatable bonds is 7. The van der Waals surface area contributed by atoms with Crippen LogP contribution in [0.5, 0.6) is 0 Å². The van der Waals surface area contributed by atoms with Crippen LogP contribution in [0.25, 0.3) is 6.08 Å². The van der Waals surface area contributed by atoms with Gasteiger partial charge in [0, 0.05) is 58.9 Å². The van der Waals surface area contributed by atoms with Gasteiger partial charge in [0.05, 0.1) is 0 Å². The number of nitrogens with zero attached hydrogens (tertiary/aromatic N) is 3. The highest BCUT2D eigenvalue weighted by atomic mass is 127. The molecule has 1 saturated heterocycles. The zero-order chi connectivity index (χ0) is 21.9. The third-order valence-electron chi connectivity index (χ3n) is 5.47. The summed E-state index contributed by atoms with van der Waals surface area (Å²) in [6.45, 7) is 5.72. The second kappa shape index (κ2) is 13.9. The Morgan fingerprint density at radius 2 is 1.81 bits per heavy atom. The van der Waals surface area contributed by atoms with E-state index in [1.54, 1.807) is 7.05 Å². The molecule has 0 saturated carbocycles. The number of piperazine rings is 1. The van der Waals surface area contributed by atoms with Crippen molar-refractivity contribution in [2.45, 2.75) is 6.42 Å². The highest BCUT2D eigenvalue weighted by Gasteiger charge is 2.18. The Hall–Kier alpha value is -2.39. The van der Waals surface area contributed by atoms with Crippen molar-refractivity contribution in [2.24, 2.45) is 4.99 Å². The Morgan fingerprint density at radius 3 is 2.50 bits per heavy atom. The quantitative estimate of drug-likeness (QED) is 0.318. The summed E-state index contributed by atoms with van der Waals surface area (Å²) in [4.78, 5) is 21.1. The number of aliphatic imine (C=N–C) groups is 1. The summed E-state index contributed by atoms with van der Waals surface area (Å²) in [6.07, 6.45) is 5.27. The van der Waals surface area contributed by atoms with Crippen molar-refractivity contribution in [3.8, 4) is 0 Å². The molecule has 1 fully saturated rings. The van der Waals surface area contributed by atoms with E-state index in [1.807, 2.05) is 31.3 Å². The fraction of sp³-hybridized carbons (Fsp3) is 0.360. The van der Waals surface area contributed by atoms with E-state index in [2.05, 4.69) is 67.9 Å². The lowest BCUT2D eigenvalue weighted by atomic mass is 10.1. The van der Waals surface area contributed by atoms with Gasteiger partial charge in [0.25, 0.3) is 5.91 Å². The first kappa shape index (κ1) is 25.9. The van der Waals surface area contributed by atoms with Crippen molar-refractivity contribution in [2.75, 3.05) is 53.4 Å². The molecule has 2 aromatic carbocycles. The first-order valence-corrected chi connectivity index (χ1v) is 10.9. The largest absolute Gasteiger partial charge is 0.356 e. The predicted molar refractivity (Wildman–Crippen MR) is 144 cm³/mol. The molecule has 0 spiro atoms. The number of benzene rings is 2. The summed E-state index contributed by atoms with van der Waals surface area (Å²) < 4.78 is 0. The topological polar surface area (TPSA) is 60.0 Å². The molecular weight excluding hydrogens is 513 g/mol. The minimum absolute atomic E-state index is 0. The lowest BCUT2D eigenvalue weighted by molar-refractivity contribution is 0.0963. The number of carbonyl (C=O) groups excluding carboxylic acids is 1. The Bertz CT molecular complexity index is 892. The zero-order valence-corrected chi connectivity index (χ0v) is 21.3. The molecule has 1 aliphatic heterocycles. The summed E-state index contributed by atoms with van der Waals surface area (Å²) in [6, 6.07) is 18.2. The van der Waals surface area contributed by atoms with Crippen LogP contribution < -0.4 is 10.6 Å². The standard InChI is InChI=1S/C25H33N5O.HI/c1-26-24(31)23-12-6-10-22(20-23)13-14-28-25(27-2)30-18-16-29(17-19-30)15-7-11-21-8-4-3-5-9-21;/h3-12,20H,13-19H2,1-2H3,(H,26,31)(H,27,28);1H/b11-7+;. The van der Waals surface area contributed by atoms with E-state index in [4.69, 9.17) is 0 Å². The average Bonchev–Trinajstić information content (AvgIpc) is 2.83. The van der Waals surface area contributed by atoms with Crippen molar-refractivity contribution >= 4 is 41.9 Å². The van der Waals surface area contributed by atoms with E-state index < -0.39 is 0 Å². The van der Waals surface area contributed by atoms with Crippen LogP contribution in [0.15, 0.2) is 65.7 Å². The molecule has 1 aliphatic rings. The molecule has 2 aromatic rings. The fourth-order valence-corrected chi connectivity index (χ4v) is 3.71. The van der Waals surface area contributed by atoms with Crippen LogP contribution in [-0.4, -0.2) is 75.0 Å². The molecule has 0 bridgehead atoms. The number of halogens is 1. The highest BCUT2D eigenvalue weighted by molar-refractivity contribution is 14.0. The first-order valence-electron chi connectivity index (χ1n) is 10.9. The van der Waals surface area contributed by atoms with Crippen LogP contribution in [0, 0.1) is 0 Å². The second-order valence-corrected chi connectivity index (χ2v) is 7.60. The molecule has 1 amide bonds. The van der Waals surface area contributed by atoms with Crippen LogP contribution in [0.3, 0.4) is 0 Å². The number of carbonyl (C=O) groups is 1. The van der Waals surface area contributed by atoms with Gasteiger partial charge in [-0.15, -0.1) is 24.0 Å². The molecule has 0 radical (unpaired) electrons. The van der Waals surface area contributed by atoms with E-state index in [0.717, 1.165) is 57.2 Å². The number of amides is 1. The van der Waals surface area contributed by atoms with E-state index in [-0.39, 0.29) is 29.9 Å². The Balaban J connectivity index is 0.00000363. The molecule has 0 atom stereocenters. The van der Waals surface area contributed by atoms with Crippen LogP contribution >= 0.6 is 24.0 Å². The average molecular weight is 547 g/mol. The molecule has 2 N–H and O–H groups in total. The predicted octanol–water partition coefficient (Wildman–Crippen LogP) is 3.11. The Kier molecular flexibility index (Phi) is 11.2. The summed E-state index contributed by atoms with van der Waals surface area (Å²) in [5.74, 6) is 0.893. The van der Waals surface area contributed by atoms with Crippen molar-refractivity contribution in [1.82, 2.24) is 20.4 Å². The van der Waals surface area contributed by atoms with Gasteiger partial charge >= 0.3 is 0 Å². The van der Waals surface area contributed by atoms with Gasteiger partial charge in [-0.1, -0.05) is 54.6 Å². The monoisotopic (exact) mass is 547 g/mol. The molecule has 32 heavy (non-hydrogen) atoms. The maximum atomic E-state index is 11.8. The minimum atomic E-state index is -0.0536. The number of hydrogen-bond donors (Lipinski definition) is 2.